The number of nitrogens with zero attached hydrogens (tertiary/aromatic N) is 1. The lowest BCUT2D eigenvalue weighted by molar-refractivity contribution is -0.129. The molecule has 44 heavy (non-hydrogen) atoms. The van der Waals surface area contributed by atoms with Gasteiger partial charge in [-0.05, 0) is 53.4 Å². The van der Waals surface area contributed by atoms with Crippen molar-refractivity contribution in [2.45, 2.75) is 30.9 Å². The summed E-state index contributed by atoms with van der Waals surface area (Å²) in [6.45, 7) is 0.794. The standard InChI is InChI=1S/C36H36FN3O4/c37-32-17-8-7-14-28(32)22-24-38-40-35(42)36(23-9-13-27-11-3-1-4-12-27)33(29-15-5-2-6-16-29)44-34(39-36)30-18-20-31(21-19-30)43-26-10-25-41/h1-9,11-21,33,38,41H,10,22-26H2,(H,40,42)/b13-9+/t33-,36-/m0/s1. The highest BCUT2D eigenvalue weighted by Crippen LogP contribution is 2.42. The van der Waals surface area contributed by atoms with Crippen LogP contribution in [0.1, 0.15) is 41.2 Å². The molecular formula is C36H36FN3O4. The fourth-order valence-corrected chi connectivity index (χ4v) is 5.03. The van der Waals surface area contributed by atoms with Crippen LogP contribution < -0.4 is 15.6 Å². The third kappa shape index (κ3) is 7.58. The minimum atomic E-state index is -1.34. The highest BCUT2D eigenvalue weighted by Gasteiger charge is 2.52. The summed E-state index contributed by atoms with van der Waals surface area (Å²) in [5, 5.41) is 9.03. The first-order valence-electron chi connectivity index (χ1n) is 14.7. The van der Waals surface area contributed by atoms with Crippen molar-refractivity contribution in [3.63, 3.8) is 0 Å². The largest absolute Gasteiger partial charge is 0.494 e. The number of ether oxygens (including phenoxy) is 2. The summed E-state index contributed by atoms with van der Waals surface area (Å²) in [4.78, 5) is 19.1. The number of hydrogen-bond donors (Lipinski definition) is 3. The van der Waals surface area contributed by atoms with E-state index in [1.165, 1.54) is 6.07 Å². The van der Waals surface area contributed by atoms with Crippen LogP contribution in [0.3, 0.4) is 0 Å². The van der Waals surface area contributed by atoms with Crippen molar-refractivity contribution >= 4 is 17.9 Å². The van der Waals surface area contributed by atoms with Gasteiger partial charge >= 0.3 is 0 Å². The molecule has 0 bridgehead atoms. The Hall–Kier alpha value is -4.79. The van der Waals surface area contributed by atoms with E-state index in [1.807, 2.05) is 97.1 Å². The van der Waals surface area contributed by atoms with Crippen LogP contribution in [0.4, 0.5) is 4.39 Å². The summed E-state index contributed by atoms with van der Waals surface area (Å²) < 4.78 is 26.3. The molecule has 2 atom stereocenters. The lowest BCUT2D eigenvalue weighted by Crippen LogP contribution is -2.52. The van der Waals surface area contributed by atoms with Crippen LogP contribution in [0.5, 0.6) is 5.75 Å². The number of nitrogens with one attached hydrogen (secondary N) is 2. The third-order valence-corrected chi connectivity index (χ3v) is 7.35. The second-order valence-electron chi connectivity index (χ2n) is 10.4. The summed E-state index contributed by atoms with van der Waals surface area (Å²) >= 11 is 0. The molecule has 7 nitrogen and oxygen atoms in total. The predicted molar refractivity (Wildman–Crippen MR) is 170 cm³/mol. The number of aliphatic hydroxyl groups is 1. The highest BCUT2D eigenvalue weighted by molar-refractivity contribution is 6.01. The van der Waals surface area contributed by atoms with Gasteiger partial charge in [0, 0.05) is 31.6 Å². The van der Waals surface area contributed by atoms with Gasteiger partial charge in [-0.15, -0.1) is 0 Å². The Bertz CT molecular complexity index is 1560. The van der Waals surface area contributed by atoms with E-state index in [-0.39, 0.29) is 24.8 Å². The van der Waals surface area contributed by atoms with E-state index in [4.69, 9.17) is 19.6 Å². The lowest BCUT2D eigenvalue weighted by atomic mass is 9.84. The van der Waals surface area contributed by atoms with Crippen molar-refractivity contribution < 1.29 is 23.8 Å². The van der Waals surface area contributed by atoms with Crippen LogP contribution >= 0.6 is 0 Å². The number of aliphatic imine (C=N–C) groups is 1. The van der Waals surface area contributed by atoms with Crippen LogP contribution in [-0.4, -0.2) is 42.2 Å². The van der Waals surface area contributed by atoms with E-state index in [0.717, 1.165) is 11.1 Å². The molecule has 0 saturated heterocycles. The van der Waals surface area contributed by atoms with Crippen molar-refractivity contribution in [1.82, 2.24) is 10.9 Å². The van der Waals surface area contributed by atoms with Gasteiger partial charge < -0.3 is 14.6 Å². The average Bonchev–Trinajstić information content (AvgIpc) is 3.46. The Balaban J connectivity index is 1.44. The molecule has 0 spiro atoms. The normalized spacial score (nSPS) is 17.7. The highest BCUT2D eigenvalue weighted by atomic mass is 19.1. The molecule has 226 valence electrons. The number of rotatable bonds is 14. The molecule has 8 heteroatoms. The summed E-state index contributed by atoms with van der Waals surface area (Å²) in [6, 6.07) is 33.3. The van der Waals surface area contributed by atoms with E-state index in [2.05, 4.69) is 10.9 Å². The van der Waals surface area contributed by atoms with E-state index in [1.54, 1.807) is 18.2 Å². The number of aliphatic hydroxyl groups excluding tert-OH is 1. The van der Waals surface area contributed by atoms with Gasteiger partial charge in [0.1, 0.15) is 11.6 Å². The monoisotopic (exact) mass is 593 g/mol. The van der Waals surface area contributed by atoms with Crippen LogP contribution in [-0.2, 0) is 16.0 Å². The summed E-state index contributed by atoms with van der Waals surface area (Å²) in [6.07, 6.45) is 4.39. The van der Waals surface area contributed by atoms with Gasteiger partial charge in [0.05, 0.1) is 6.61 Å². The maximum Gasteiger partial charge on any atom is 0.266 e. The first kappa shape index (κ1) is 30.7. The molecule has 5 rings (SSSR count). The number of halogens is 1. The molecule has 1 aliphatic rings. The molecule has 4 aromatic rings. The Morgan fingerprint density at radius 3 is 2.39 bits per heavy atom. The Kier molecular flexibility index (Phi) is 10.5. The van der Waals surface area contributed by atoms with E-state index < -0.39 is 11.6 Å². The van der Waals surface area contributed by atoms with Gasteiger partial charge in [0.25, 0.3) is 5.91 Å². The summed E-state index contributed by atoms with van der Waals surface area (Å²) in [7, 11) is 0. The second-order valence-corrected chi connectivity index (χ2v) is 10.4. The first-order valence-corrected chi connectivity index (χ1v) is 14.7. The first-order chi connectivity index (χ1) is 21.6. The zero-order chi connectivity index (χ0) is 30.6. The minimum absolute atomic E-state index is 0.0600. The van der Waals surface area contributed by atoms with Crippen LogP contribution in [0.15, 0.2) is 120 Å². The van der Waals surface area contributed by atoms with Crippen LogP contribution in [0.2, 0.25) is 0 Å². The Labute approximate surface area is 257 Å². The molecule has 3 N–H and O–H groups in total. The zero-order valence-electron chi connectivity index (χ0n) is 24.4. The fraction of sp³-hybridized carbons (Fsp3) is 0.222. The number of carbonyl (C=O) groups excluding carboxylic acids is 1. The van der Waals surface area contributed by atoms with Crippen LogP contribution in [0.25, 0.3) is 6.08 Å². The van der Waals surface area contributed by atoms with Crippen molar-refractivity contribution in [2.24, 2.45) is 4.99 Å². The van der Waals surface area contributed by atoms with Gasteiger partial charge in [-0.2, -0.15) is 0 Å². The second kappa shape index (κ2) is 15.1. The quantitative estimate of drug-likeness (QED) is 0.127. The SMILES string of the molecule is O=C(NNCCc1ccccc1F)[C@@]1(C/C=C/c2ccccc2)N=C(c2ccc(OCCCO)cc2)O[C@H]1c1ccccc1. The van der Waals surface area contributed by atoms with Crippen molar-refractivity contribution in [1.29, 1.82) is 0 Å². The molecule has 1 aliphatic heterocycles. The number of hydrogen-bond acceptors (Lipinski definition) is 6. The molecule has 0 aliphatic carbocycles. The van der Waals surface area contributed by atoms with E-state index in [0.29, 0.717) is 48.8 Å². The van der Waals surface area contributed by atoms with Gasteiger partial charge in [-0.25, -0.2) is 14.8 Å². The predicted octanol–water partition coefficient (Wildman–Crippen LogP) is 5.81. The zero-order valence-corrected chi connectivity index (χ0v) is 24.4. The maximum atomic E-state index is 14.1. The molecule has 0 radical (unpaired) electrons. The maximum absolute atomic E-state index is 14.1. The third-order valence-electron chi connectivity index (χ3n) is 7.35. The Morgan fingerprint density at radius 1 is 0.955 bits per heavy atom. The van der Waals surface area contributed by atoms with Gasteiger partial charge in [0.2, 0.25) is 5.90 Å². The molecule has 0 fully saturated rings. The van der Waals surface area contributed by atoms with Crippen molar-refractivity contribution in [3.8, 4) is 5.75 Å². The van der Waals surface area contributed by atoms with Crippen molar-refractivity contribution in [2.75, 3.05) is 19.8 Å². The Morgan fingerprint density at radius 2 is 1.66 bits per heavy atom. The molecule has 4 aromatic carbocycles. The summed E-state index contributed by atoms with van der Waals surface area (Å²) in [5.74, 6) is 0.358. The number of carbonyl (C=O) groups is 1. The van der Waals surface area contributed by atoms with Gasteiger partial charge in [0.15, 0.2) is 11.6 Å². The van der Waals surface area contributed by atoms with E-state index >= 15 is 0 Å². The molecular weight excluding hydrogens is 557 g/mol. The number of amides is 1. The average molecular weight is 594 g/mol. The fourth-order valence-electron chi connectivity index (χ4n) is 5.03. The smallest absolute Gasteiger partial charge is 0.266 e. The summed E-state index contributed by atoms with van der Waals surface area (Å²) in [5.41, 5.74) is 7.55. The molecule has 1 heterocycles. The molecule has 0 aromatic heterocycles. The minimum Gasteiger partial charge on any atom is -0.494 e. The van der Waals surface area contributed by atoms with E-state index in [9.17, 15) is 9.18 Å². The van der Waals surface area contributed by atoms with Crippen LogP contribution in [0, 0.1) is 5.82 Å². The molecule has 1 amide bonds. The van der Waals surface area contributed by atoms with Gasteiger partial charge in [-0.3, -0.25) is 10.2 Å². The van der Waals surface area contributed by atoms with Crippen molar-refractivity contribution in [3.05, 3.63) is 143 Å². The lowest BCUT2D eigenvalue weighted by Gasteiger charge is -2.29. The number of hydrazine groups is 1. The number of benzene rings is 4. The molecule has 0 saturated carbocycles. The molecule has 0 unspecified atom stereocenters. The van der Waals surface area contributed by atoms with Gasteiger partial charge in [-0.1, -0.05) is 91.0 Å². The topological polar surface area (TPSA) is 92.2 Å².